The van der Waals surface area contributed by atoms with Gasteiger partial charge in [0.25, 0.3) is 0 Å². The third-order valence-corrected chi connectivity index (χ3v) is 4.15. The van der Waals surface area contributed by atoms with Gasteiger partial charge in [0.2, 0.25) is 5.91 Å². The average molecular weight is 253 g/mol. The van der Waals surface area contributed by atoms with Crippen molar-refractivity contribution < 1.29 is 9.53 Å². The molecule has 102 valence electrons. The minimum Gasteiger partial charge on any atom is -0.378 e. The highest BCUT2D eigenvalue weighted by Crippen LogP contribution is 2.27. The lowest BCUT2D eigenvalue weighted by atomic mass is 10.1. The normalized spacial score (nSPS) is 30.4. The Morgan fingerprint density at radius 3 is 2.61 bits per heavy atom. The van der Waals surface area contributed by atoms with E-state index >= 15 is 0 Å². The monoisotopic (exact) mass is 253 g/mol. The Morgan fingerprint density at radius 1 is 1.22 bits per heavy atom. The van der Waals surface area contributed by atoms with Crippen molar-refractivity contribution in [2.75, 3.05) is 45.9 Å². The molecule has 5 nitrogen and oxygen atoms in total. The van der Waals surface area contributed by atoms with Gasteiger partial charge in [0.15, 0.2) is 0 Å². The lowest BCUT2D eigenvalue weighted by Crippen LogP contribution is -2.51. The first-order chi connectivity index (χ1) is 8.83. The highest BCUT2D eigenvalue weighted by Gasteiger charge is 2.32. The first-order valence-corrected chi connectivity index (χ1v) is 7.16. The fourth-order valence-corrected chi connectivity index (χ4v) is 2.87. The van der Waals surface area contributed by atoms with Crippen molar-refractivity contribution in [1.82, 2.24) is 15.1 Å². The number of nitrogens with zero attached hydrogens (tertiary/aromatic N) is 2. The van der Waals surface area contributed by atoms with Gasteiger partial charge in [0.1, 0.15) is 0 Å². The molecule has 0 aromatic heterocycles. The van der Waals surface area contributed by atoms with E-state index in [2.05, 4.69) is 10.2 Å². The maximum atomic E-state index is 12.2. The summed E-state index contributed by atoms with van der Waals surface area (Å²) in [5, 5.41) is 3.34. The van der Waals surface area contributed by atoms with E-state index in [0.717, 1.165) is 45.4 Å². The zero-order valence-electron chi connectivity index (χ0n) is 10.9. The summed E-state index contributed by atoms with van der Waals surface area (Å²) in [6.07, 6.45) is 3.30. The Kier molecular flexibility index (Phi) is 3.82. The molecule has 2 saturated heterocycles. The Balaban J connectivity index is 1.42. The summed E-state index contributed by atoms with van der Waals surface area (Å²) in [5.41, 5.74) is 0. The van der Waals surface area contributed by atoms with Gasteiger partial charge in [-0.2, -0.15) is 0 Å². The van der Waals surface area contributed by atoms with Crippen LogP contribution in [-0.4, -0.2) is 73.7 Å². The molecule has 1 atom stereocenters. The summed E-state index contributed by atoms with van der Waals surface area (Å²) >= 11 is 0. The van der Waals surface area contributed by atoms with Crippen LogP contribution in [0.15, 0.2) is 0 Å². The molecule has 0 aromatic rings. The van der Waals surface area contributed by atoms with E-state index < -0.39 is 0 Å². The fourth-order valence-electron chi connectivity index (χ4n) is 2.87. The Hall–Kier alpha value is -0.650. The molecule has 1 aliphatic carbocycles. The summed E-state index contributed by atoms with van der Waals surface area (Å²) in [4.78, 5) is 16.7. The second-order valence-electron chi connectivity index (χ2n) is 5.58. The molecule has 1 N–H and O–H groups in total. The van der Waals surface area contributed by atoms with Crippen LogP contribution in [0.2, 0.25) is 0 Å². The number of carbonyl (C=O) groups is 1. The molecule has 0 spiro atoms. The van der Waals surface area contributed by atoms with Crippen LogP contribution >= 0.6 is 0 Å². The lowest BCUT2D eigenvalue weighted by molar-refractivity contribution is -0.134. The molecule has 2 aliphatic heterocycles. The minimum atomic E-state index is 0.215. The van der Waals surface area contributed by atoms with Gasteiger partial charge >= 0.3 is 0 Å². The predicted molar refractivity (Wildman–Crippen MR) is 68.4 cm³/mol. The van der Waals surface area contributed by atoms with Crippen molar-refractivity contribution >= 4 is 5.91 Å². The number of hydrogen-bond acceptors (Lipinski definition) is 4. The van der Waals surface area contributed by atoms with Crippen molar-refractivity contribution in [2.45, 2.75) is 31.3 Å². The minimum absolute atomic E-state index is 0.215. The van der Waals surface area contributed by atoms with E-state index in [1.165, 1.54) is 12.8 Å². The highest BCUT2D eigenvalue weighted by atomic mass is 16.5. The van der Waals surface area contributed by atoms with Crippen LogP contribution in [0, 0.1) is 0 Å². The van der Waals surface area contributed by atoms with Crippen LogP contribution in [-0.2, 0) is 9.53 Å². The van der Waals surface area contributed by atoms with Gasteiger partial charge in [-0.3, -0.25) is 9.69 Å². The summed E-state index contributed by atoms with van der Waals surface area (Å²) in [7, 11) is 0. The second-order valence-corrected chi connectivity index (χ2v) is 5.58. The van der Waals surface area contributed by atoms with Crippen molar-refractivity contribution in [2.24, 2.45) is 0 Å². The number of nitrogens with one attached hydrogen (secondary N) is 1. The van der Waals surface area contributed by atoms with E-state index in [1.807, 2.05) is 4.90 Å². The molecule has 3 fully saturated rings. The Morgan fingerprint density at radius 2 is 2.00 bits per heavy atom. The summed E-state index contributed by atoms with van der Waals surface area (Å²) in [6.45, 7) is 6.24. The molecule has 0 bridgehead atoms. The molecule has 3 aliphatic rings. The molecule has 18 heavy (non-hydrogen) atoms. The topological polar surface area (TPSA) is 44.8 Å². The van der Waals surface area contributed by atoms with Crippen LogP contribution in [0.25, 0.3) is 0 Å². The standard InChI is InChI=1S/C13H23N3O2/c17-13(9-11-10-18-8-3-14-11)16-6-4-15(5-7-16)12-1-2-12/h11-12,14H,1-10H2. The molecule has 1 saturated carbocycles. The first-order valence-electron chi connectivity index (χ1n) is 7.16. The van der Waals surface area contributed by atoms with E-state index in [0.29, 0.717) is 13.0 Å². The van der Waals surface area contributed by atoms with Gasteiger partial charge in [-0.05, 0) is 12.8 Å². The maximum absolute atomic E-state index is 12.2. The molecule has 0 aromatic carbocycles. The maximum Gasteiger partial charge on any atom is 0.224 e. The average Bonchev–Trinajstić information content (AvgIpc) is 3.24. The first kappa shape index (κ1) is 12.4. The predicted octanol–water partition coefficient (Wildman–Crippen LogP) is -0.328. The van der Waals surface area contributed by atoms with Crippen molar-refractivity contribution in [3.05, 3.63) is 0 Å². The van der Waals surface area contributed by atoms with E-state index in [1.54, 1.807) is 0 Å². The fraction of sp³-hybridized carbons (Fsp3) is 0.923. The van der Waals surface area contributed by atoms with Crippen molar-refractivity contribution in [1.29, 1.82) is 0 Å². The molecular weight excluding hydrogens is 230 g/mol. The summed E-state index contributed by atoms with van der Waals surface area (Å²) in [6, 6.07) is 1.04. The highest BCUT2D eigenvalue weighted by molar-refractivity contribution is 5.77. The van der Waals surface area contributed by atoms with Crippen LogP contribution in [0.4, 0.5) is 0 Å². The quantitative estimate of drug-likeness (QED) is 0.748. The van der Waals surface area contributed by atoms with E-state index in [9.17, 15) is 4.79 Å². The van der Waals surface area contributed by atoms with Crippen LogP contribution in [0.3, 0.4) is 0 Å². The summed E-state index contributed by atoms with van der Waals surface area (Å²) in [5.74, 6) is 0.286. The van der Waals surface area contributed by atoms with Crippen LogP contribution < -0.4 is 5.32 Å². The zero-order chi connectivity index (χ0) is 12.4. The van der Waals surface area contributed by atoms with Gasteiger partial charge < -0.3 is 15.0 Å². The smallest absolute Gasteiger partial charge is 0.224 e. The Labute approximate surface area is 108 Å². The molecule has 3 rings (SSSR count). The zero-order valence-corrected chi connectivity index (χ0v) is 10.9. The van der Waals surface area contributed by atoms with Gasteiger partial charge in [0, 0.05) is 51.2 Å². The molecule has 1 unspecified atom stereocenters. The van der Waals surface area contributed by atoms with Gasteiger partial charge in [-0.15, -0.1) is 0 Å². The number of hydrogen-bond donors (Lipinski definition) is 1. The number of morpholine rings is 1. The Bertz CT molecular complexity index is 293. The van der Waals surface area contributed by atoms with Crippen LogP contribution in [0.5, 0.6) is 0 Å². The number of carbonyl (C=O) groups excluding carboxylic acids is 1. The molecule has 1 amide bonds. The van der Waals surface area contributed by atoms with E-state index in [-0.39, 0.29) is 11.9 Å². The number of amides is 1. The van der Waals surface area contributed by atoms with Crippen molar-refractivity contribution in [3.63, 3.8) is 0 Å². The number of rotatable bonds is 3. The third-order valence-electron chi connectivity index (χ3n) is 4.15. The SMILES string of the molecule is O=C(CC1COCCN1)N1CCN(C2CC2)CC1. The third kappa shape index (κ3) is 3.02. The van der Waals surface area contributed by atoms with Gasteiger partial charge in [-0.25, -0.2) is 0 Å². The second kappa shape index (κ2) is 5.55. The summed E-state index contributed by atoms with van der Waals surface area (Å²) < 4.78 is 5.39. The number of piperazine rings is 1. The lowest BCUT2D eigenvalue weighted by Gasteiger charge is -2.35. The van der Waals surface area contributed by atoms with E-state index in [4.69, 9.17) is 4.74 Å². The molecule has 5 heteroatoms. The molecule has 2 heterocycles. The largest absolute Gasteiger partial charge is 0.378 e. The molecular formula is C13H23N3O2. The van der Waals surface area contributed by atoms with Gasteiger partial charge in [0.05, 0.1) is 13.2 Å². The van der Waals surface area contributed by atoms with Gasteiger partial charge in [-0.1, -0.05) is 0 Å². The number of ether oxygens (including phenoxy) is 1. The van der Waals surface area contributed by atoms with Crippen LogP contribution in [0.1, 0.15) is 19.3 Å². The molecule has 0 radical (unpaired) electrons. The van der Waals surface area contributed by atoms with Crippen molar-refractivity contribution in [3.8, 4) is 0 Å².